The predicted molar refractivity (Wildman–Crippen MR) is 338 cm³/mol. The third kappa shape index (κ3) is 63.4. The molecule has 0 aliphatic rings. The van der Waals surface area contributed by atoms with Crippen LogP contribution in [0.3, 0.4) is 0 Å². The number of ether oxygens (including phenoxy) is 1. The average molecular weight is 1080 g/mol. The molecule has 0 aromatic rings. The van der Waals surface area contributed by atoms with Gasteiger partial charge < -0.3 is 20.3 Å². The Hall–Kier alpha value is -1.66. The molecule has 0 spiro atoms. The maximum absolute atomic E-state index is 12.5. The van der Waals surface area contributed by atoms with E-state index >= 15 is 0 Å². The molecular weight excluding hydrogens is 947 g/mol. The fraction of sp³-hybridized carbons (Fsp3) is 0.915. The van der Waals surface area contributed by atoms with E-state index in [1.807, 2.05) is 0 Å². The Morgan fingerprint density at radius 3 is 0.922 bits per heavy atom. The molecule has 2 unspecified atom stereocenters. The molecule has 456 valence electrons. The summed E-state index contributed by atoms with van der Waals surface area (Å²) in [6.45, 7) is 4.98. The van der Waals surface area contributed by atoms with Gasteiger partial charge in [-0.25, -0.2) is 0 Å². The fourth-order valence-electron chi connectivity index (χ4n) is 11.1. The van der Waals surface area contributed by atoms with Gasteiger partial charge in [0.2, 0.25) is 5.91 Å². The molecule has 6 heteroatoms. The van der Waals surface area contributed by atoms with E-state index in [1.165, 1.54) is 315 Å². The summed E-state index contributed by atoms with van der Waals surface area (Å²) < 4.78 is 5.50. The van der Waals surface area contributed by atoms with Crippen molar-refractivity contribution in [2.75, 3.05) is 13.2 Å². The molecule has 6 nitrogen and oxygen atoms in total. The van der Waals surface area contributed by atoms with Crippen LogP contribution >= 0.6 is 0 Å². The quantitative estimate of drug-likeness (QED) is 0.0320. The van der Waals surface area contributed by atoms with Crippen LogP contribution in [0.5, 0.6) is 0 Å². The minimum absolute atomic E-state index is 0.0114. The summed E-state index contributed by atoms with van der Waals surface area (Å²) in [5.41, 5.74) is 0. The number of aliphatic hydroxyl groups is 2. The lowest BCUT2D eigenvalue weighted by Gasteiger charge is -2.22. The number of allylic oxidation sites excluding steroid dienone is 4. The van der Waals surface area contributed by atoms with Gasteiger partial charge in [0.15, 0.2) is 0 Å². The van der Waals surface area contributed by atoms with E-state index in [0.717, 1.165) is 44.9 Å². The van der Waals surface area contributed by atoms with Crippen LogP contribution in [0.2, 0.25) is 0 Å². The summed E-state index contributed by atoms with van der Waals surface area (Å²) in [7, 11) is 0. The van der Waals surface area contributed by atoms with E-state index in [0.29, 0.717) is 25.9 Å². The molecule has 0 aromatic heterocycles. The highest BCUT2D eigenvalue weighted by Crippen LogP contribution is 2.18. The average Bonchev–Trinajstić information content (AvgIpc) is 3.43. The van der Waals surface area contributed by atoms with Gasteiger partial charge in [-0.1, -0.05) is 327 Å². The number of amides is 1. The summed E-state index contributed by atoms with van der Waals surface area (Å²) in [6.07, 6.45) is 83.6. The van der Waals surface area contributed by atoms with Crippen LogP contribution in [-0.4, -0.2) is 47.4 Å². The van der Waals surface area contributed by atoms with Crippen molar-refractivity contribution in [3.63, 3.8) is 0 Å². The first-order chi connectivity index (χ1) is 38.0. The molecule has 0 aromatic carbocycles. The van der Waals surface area contributed by atoms with Gasteiger partial charge in [-0.2, -0.15) is 0 Å². The van der Waals surface area contributed by atoms with Crippen LogP contribution in [0, 0.1) is 0 Å². The van der Waals surface area contributed by atoms with Crippen molar-refractivity contribution in [3.8, 4) is 0 Å². The van der Waals surface area contributed by atoms with E-state index in [-0.39, 0.29) is 18.5 Å². The number of rotatable bonds is 66. The first-order valence-corrected chi connectivity index (χ1v) is 35.1. The van der Waals surface area contributed by atoms with Gasteiger partial charge in [-0.3, -0.25) is 9.59 Å². The standard InChI is InChI=1S/C71H137NO5/c1-3-5-7-9-11-13-15-17-19-21-33-37-41-45-49-53-57-61-65-71(76)77-66-62-58-54-50-46-42-38-34-30-28-26-24-22-23-25-27-29-32-36-40-44-48-52-56-60-64-70(75)72-68(67-73)69(74)63-59-55-51-47-43-39-35-31-20-18-16-14-12-10-8-6-4-2/h19,21,23,25,68-69,73-74H,3-18,20,22,24,26-67H2,1-2H3,(H,72,75)/b21-19-,25-23-. The van der Waals surface area contributed by atoms with Crippen LogP contribution in [-0.2, 0) is 14.3 Å². The topological polar surface area (TPSA) is 95.9 Å². The molecular formula is C71H137NO5. The second-order valence-corrected chi connectivity index (χ2v) is 24.2. The summed E-state index contributed by atoms with van der Waals surface area (Å²) in [4.78, 5) is 24.6. The highest BCUT2D eigenvalue weighted by atomic mass is 16.5. The van der Waals surface area contributed by atoms with E-state index in [4.69, 9.17) is 4.74 Å². The van der Waals surface area contributed by atoms with Crippen molar-refractivity contribution in [2.24, 2.45) is 0 Å². The molecule has 1 amide bonds. The Morgan fingerprint density at radius 2 is 0.610 bits per heavy atom. The van der Waals surface area contributed by atoms with Gasteiger partial charge in [-0.15, -0.1) is 0 Å². The van der Waals surface area contributed by atoms with Gasteiger partial charge in [-0.05, 0) is 77.0 Å². The van der Waals surface area contributed by atoms with Crippen LogP contribution < -0.4 is 5.32 Å². The number of esters is 1. The molecule has 0 saturated carbocycles. The van der Waals surface area contributed by atoms with Crippen molar-refractivity contribution in [3.05, 3.63) is 24.3 Å². The summed E-state index contributed by atoms with van der Waals surface area (Å²) >= 11 is 0. The second-order valence-electron chi connectivity index (χ2n) is 24.2. The van der Waals surface area contributed by atoms with Gasteiger partial charge in [0.25, 0.3) is 0 Å². The van der Waals surface area contributed by atoms with Crippen molar-refractivity contribution in [1.82, 2.24) is 5.32 Å². The third-order valence-electron chi connectivity index (χ3n) is 16.5. The number of hydrogen-bond acceptors (Lipinski definition) is 5. The summed E-state index contributed by atoms with van der Waals surface area (Å²) in [5, 5.41) is 23.4. The van der Waals surface area contributed by atoms with E-state index in [9.17, 15) is 19.8 Å². The fourth-order valence-corrected chi connectivity index (χ4v) is 11.1. The lowest BCUT2D eigenvalue weighted by atomic mass is 10.0. The van der Waals surface area contributed by atoms with Gasteiger partial charge in [0.1, 0.15) is 0 Å². The third-order valence-corrected chi connectivity index (χ3v) is 16.5. The molecule has 77 heavy (non-hydrogen) atoms. The Balaban J connectivity index is 3.38. The molecule has 0 radical (unpaired) electrons. The van der Waals surface area contributed by atoms with E-state index < -0.39 is 12.1 Å². The smallest absolute Gasteiger partial charge is 0.305 e. The molecule has 0 heterocycles. The van der Waals surface area contributed by atoms with Crippen molar-refractivity contribution in [1.29, 1.82) is 0 Å². The highest BCUT2D eigenvalue weighted by molar-refractivity contribution is 5.76. The summed E-state index contributed by atoms with van der Waals surface area (Å²) in [6, 6.07) is -0.544. The molecule has 2 atom stereocenters. The van der Waals surface area contributed by atoms with Crippen molar-refractivity contribution >= 4 is 11.9 Å². The Bertz CT molecular complexity index is 1200. The molecule has 0 bridgehead atoms. The zero-order valence-electron chi connectivity index (χ0n) is 52.2. The molecule has 0 saturated heterocycles. The van der Waals surface area contributed by atoms with E-state index in [2.05, 4.69) is 43.5 Å². The van der Waals surface area contributed by atoms with E-state index in [1.54, 1.807) is 0 Å². The lowest BCUT2D eigenvalue weighted by molar-refractivity contribution is -0.143. The first kappa shape index (κ1) is 75.3. The van der Waals surface area contributed by atoms with Crippen LogP contribution in [0.15, 0.2) is 24.3 Å². The monoisotopic (exact) mass is 1080 g/mol. The largest absolute Gasteiger partial charge is 0.466 e. The van der Waals surface area contributed by atoms with Gasteiger partial charge >= 0.3 is 5.97 Å². The maximum atomic E-state index is 12.5. The SMILES string of the molecule is CCCCCCCCC/C=C\CCCCCCCCCC(=O)OCCCCCCCCCCCCCC/C=C\CCCCCCCCCCCC(=O)NC(CO)C(O)CCCCCCCCCCCCCCCCCCC. The minimum Gasteiger partial charge on any atom is -0.466 e. The zero-order chi connectivity index (χ0) is 55.7. The number of aliphatic hydroxyl groups excluding tert-OH is 2. The number of carbonyl (C=O) groups is 2. The number of hydrogen-bond donors (Lipinski definition) is 3. The van der Waals surface area contributed by atoms with Crippen LogP contribution in [0.25, 0.3) is 0 Å². The second kappa shape index (κ2) is 66.8. The van der Waals surface area contributed by atoms with Gasteiger partial charge in [0, 0.05) is 12.8 Å². The molecule has 0 rings (SSSR count). The molecule has 0 aliphatic heterocycles. The Labute approximate surface area is 481 Å². The molecule has 3 N–H and O–H groups in total. The lowest BCUT2D eigenvalue weighted by Crippen LogP contribution is -2.45. The van der Waals surface area contributed by atoms with Crippen LogP contribution in [0.4, 0.5) is 0 Å². The number of carbonyl (C=O) groups excluding carboxylic acids is 2. The van der Waals surface area contributed by atoms with Crippen LogP contribution in [0.1, 0.15) is 393 Å². The molecule has 0 fully saturated rings. The minimum atomic E-state index is -0.666. The van der Waals surface area contributed by atoms with Crippen molar-refractivity contribution < 1.29 is 24.5 Å². The maximum Gasteiger partial charge on any atom is 0.305 e. The normalized spacial score (nSPS) is 12.6. The first-order valence-electron chi connectivity index (χ1n) is 35.1. The van der Waals surface area contributed by atoms with Gasteiger partial charge in [0.05, 0.1) is 25.4 Å². The van der Waals surface area contributed by atoms with Crippen molar-refractivity contribution in [2.45, 2.75) is 405 Å². The Kier molecular flexibility index (Phi) is 65.4. The number of unbranched alkanes of at least 4 members (excludes halogenated alkanes) is 51. The predicted octanol–water partition coefficient (Wildman–Crippen LogP) is 22.5. The highest BCUT2D eigenvalue weighted by Gasteiger charge is 2.20. The molecule has 0 aliphatic carbocycles. The number of nitrogens with one attached hydrogen (secondary N) is 1. The zero-order valence-corrected chi connectivity index (χ0v) is 52.2. The summed E-state index contributed by atoms with van der Waals surface area (Å²) in [5.74, 6) is -0.0234. The Morgan fingerprint density at radius 1 is 0.351 bits per heavy atom.